The second-order valence-electron chi connectivity index (χ2n) is 4.83. The average Bonchev–Trinajstić information content (AvgIpc) is 2.64. The van der Waals surface area contributed by atoms with E-state index >= 15 is 0 Å². The number of halogens is 1. The lowest BCUT2D eigenvalue weighted by atomic mass is 10.2. The molecule has 2 rings (SSSR count). The van der Waals surface area contributed by atoms with Crippen LogP contribution in [0.25, 0.3) is 0 Å². The van der Waals surface area contributed by atoms with Crippen molar-refractivity contribution in [2.75, 3.05) is 13.2 Å². The summed E-state index contributed by atoms with van der Waals surface area (Å²) in [5.74, 6) is -0.361. The monoisotopic (exact) mass is 271 g/mol. The van der Waals surface area contributed by atoms with Gasteiger partial charge in [0.25, 0.3) is 0 Å². The van der Waals surface area contributed by atoms with Crippen LogP contribution in [-0.2, 0) is 16.0 Å². The van der Waals surface area contributed by atoms with Gasteiger partial charge in [-0.1, -0.05) is 23.7 Å². The first-order valence-electron chi connectivity index (χ1n) is 5.97. The fourth-order valence-corrected chi connectivity index (χ4v) is 2.13. The van der Waals surface area contributed by atoms with Crippen molar-refractivity contribution in [3.8, 4) is 5.75 Å². The largest absolute Gasteiger partial charge is 0.506 e. The summed E-state index contributed by atoms with van der Waals surface area (Å²) in [4.78, 5) is 0. The zero-order valence-electron chi connectivity index (χ0n) is 10.6. The van der Waals surface area contributed by atoms with Crippen molar-refractivity contribution in [1.29, 1.82) is 0 Å². The molecule has 0 aliphatic carbocycles. The van der Waals surface area contributed by atoms with Crippen molar-refractivity contribution in [1.82, 2.24) is 5.32 Å². The predicted molar refractivity (Wildman–Crippen MR) is 69.7 cm³/mol. The Morgan fingerprint density at radius 3 is 2.94 bits per heavy atom. The van der Waals surface area contributed by atoms with Gasteiger partial charge in [0.2, 0.25) is 0 Å². The van der Waals surface area contributed by atoms with Gasteiger partial charge in [0.05, 0.1) is 17.7 Å². The smallest absolute Gasteiger partial charge is 0.163 e. The van der Waals surface area contributed by atoms with Crippen LogP contribution in [-0.4, -0.2) is 30.1 Å². The van der Waals surface area contributed by atoms with Gasteiger partial charge in [0, 0.05) is 18.7 Å². The van der Waals surface area contributed by atoms with Gasteiger partial charge in [-0.3, -0.25) is 0 Å². The Morgan fingerprint density at radius 1 is 1.50 bits per heavy atom. The zero-order valence-corrected chi connectivity index (χ0v) is 11.3. The number of phenols is 1. The third kappa shape index (κ3) is 3.36. The highest BCUT2D eigenvalue weighted by Crippen LogP contribution is 2.27. The molecule has 1 aromatic rings. The van der Waals surface area contributed by atoms with Crippen LogP contribution in [0.4, 0.5) is 0 Å². The van der Waals surface area contributed by atoms with Crippen molar-refractivity contribution in [3.05, 3.63) is 28.8 Å². The average molecular weight is 272 g/mol. The van der Waals surface area contributed by atoms with Crippen LogP contribution in [0, 0.1) is 0 Å². The van der Waals surface area contributed by atoms with E-state index in [2.05, 4.69) is 5.32 Å². The van der Waals surface area contributed by atoms with E-state index in [0.717, 1.165) is 5.56 Å². The predicted octanol–water partition coefficient (Wildman–Crippen LogP) is 2.29. The Labute approximate surface area is 112 Å². The highest BCUT2D eigenvalue weighted by atomic mass is 35.5. The molecule has 2 N–H and O–H groups in total. The van der Waals surface area contributed by atoms with Gasteiger partial charge in [0.1, 0.15) is 5.75 Å². The summed E-state index contributed by atoms with van der Waals surface area (Å²) in [6.45, 7) is 5.61. The molecule has 1 fully saturated rings. The van der Waals surface area contributed by atoms with E-state index in [1.807, 2.05) is 26.0 Å². The summed E-state index contributed by atoms with van der Waals surface area (Å²) in [6.07, 6.45) is 0.0429. The van der Waals surface area contributed by atoms with Crippen molar-refractivity contribution >= 4 is 11.6 Å². The fraction of sp³-hybridized carbons (Fsp3) is 0.538. The Bertz CT molecular complexity index is 423. The second kappa shape index (κ2) is 5.45. The summed E-state index contributed by atoms with van der Waals surface area (Å²) in [5.41, 5.74) is 0.778. The van der Waals surface area contributed by atoms with Gasteiger partial charge in [-0.2, -0.15) is 0 Å². The molecule has 1 saturated heterocycles. The highest BCUT2D eigenvalue weighted by molar-refractivity contribution is 6.32. The van der Waals surface area contributed by atoms with E-state index < -0.39 is 5.79 Å². The number of nitrogens with one attached hydrogen (secondary N) is 1. The van der Waals surface area contributed by atoms with Gasteiger partial charge >= 0.3 is 0 Å². The quantitative estimate of drug-likeness (QED) is 0.882. The molecule has 18 heavy (non-hydrogen) atoms. The molecule has 100 valence electrons. The van der Waals surface area contributed by atoms with Crippen molar-refractivity contribution in [3.63, 3.8) is 0 Å². The molecule has 1 aliphatic heterocycles. The summed E-state index contributed by atoms with van der Waals surface area (Å²) in [6, 6.07) is 5.32. The summed E-state index contributed by atoms with van der Waals surface area (Å²) < 4.78 is 11.1. The number of para-hydroxylation sites is 1. The van der Waals surface area contributed by atoms with E-state index in [4.69, 9.17) is 21.1 Å². The molecule has 4 nitrogen and oxygen atoms in total. The zero-order chi connectivity index (χ0) is 13.2. The number of phenolic OH excluding ortho intramolecular Hbond substituents is 1. The molecular formula is C13H18ClNO3. The lowest BCUT2D eigenvalue weighted by Gasteiger charge is -2.17. The first-order valence-corrected chi connectivity index (χ1v) is 6.34. The van der Waals surface area contributed by atoms with E-state index in [0.29, 0.717) is 24.7 Å². The molecule has 1 aliphatic rings. The number of rotatable bonds is 4. The van der Waals surface area contributed by atoms with Crippen molar-refractivity contribution in [2.45, 2.75) is 32.3 Å². The normalized spacial score (nSPS) is 22.3. The highest BCUT2D eigenvalue weighted by Gasteiger charge is 2.32. The Morgan fingerprint density at radius 2 is 2.28 bits per heavy atom. The van der Waals surface area contributed by atoms with Gasteiger partial charge in [0.15, 0.2) is 5.79 Å². The topological polar surface area (TPSA) is 50.7 Å². The van der Waals surface area contributed by atoms with Gasteiger partial charge < -0.3 is 19.9 Å². The molecule has 0 amide bonds. The Balaban J connectivity index is 1.81. The van der Waals surface area contributed by atoms with Crippen LogP contribution >= 0.6 is 11.6 Å². The van der Waals surface area contributed by atoms with E-state index in [9.17, 15) is 5.11 Å². The van der Waals surface area contributed by atoms with E-state index in [-0.39, 0.29) is 11.9 Å². The van der Waals surface area contributed by atoms with E-state index in [1.54, 1.807) is 6.07 Å². The molecule has 0 radical (unpaired) electrons. The third-order valence-corrected chi connectivity index (χ3v) is 3.13. The van der Waals surface area contributed by atoms with E-state index in [1.165, 1.54) is 0 Å². The standard InChI is InChI=1S/C13H18ClNO3/c1-13(2)17-8-10(18-13)7-15-6-9-4-3-5-11(14)12(9)16/h3-5,10,15-16H,6-8H2,1-2H3. The SMILES string of the molecule is CC1(C)OCC(CNCc2cccc(Cl)c2O)O1. The molecule has 0 aromatic heterocycles. The van der Waals surface area contributed by atoms with Crippen LogP contribution in [0.1, 0.15) is 19.4 Å². The van der Waals surface area contributed by atoms with Crippen molar-refractivity contribution < 1.29 is 14.6 Å². The number of aromatic hydroxyl groups is 1. The summed E-state index contributed by atoms with van der Waals surface area (Å²) in [5, 5.41) is 13.3. The number of hydrogen-bond donors (Lipinski definition) is 2. The third-order valence-electron chi connectivity index (χ3n) is 2.83. The van der Waals surface area contributed by atoms with Crippen LogP contribution in [0.5, 0.6) is 5.75 Å². The molecule has 0 bridgehead atoms. The second-order valence-corrected chi connectivity index (χ2v) is 5.24. The number of hydrogen-bond acceptors (Lipinski definition) is 4. The first kappa shape index (κ1) is 13.6. The Hall–Kier alpha value is -0.810. The number of benzene rings is 1. The van der Waals surface area contributed by atoms with Crippen LogP contribution in [0.2, 0.25) is 5.02 Å². The molecular weight excluding hydrogens is 254 g/mol. The lowest BCUT2D eigenvalue weighted by Crippen LogP contribution is -2.30. The first-order chi connectivity index (χ1) is 8.48. The van der Waals surface area contributed by atoms with Crippen LogP contribution < -0.4 is 5.32 Å². The summed E-state index contributed by atoms with van der Waals surface area (Å²) >= 11 is 5.83. The minimum Gasteiger partial charge on any atom is -0.506 e. The van der Waals surface area contributed by atoms with Gasteiger partial charge in [-0.25, -0.2) is 0 Å². The molecule has 1 aromatic carbocycles. The summed E-state index contributed by atoms with van der Waals surface area (Å²) in [7, 11) is 0. The van der Waals surface area contributed by atoms with Crippen LogP contribution in [0.15, 0.2) is 18.2 Å². The maximum atomic E-state index is 9.74. The molecule has 1 atom stereocenters. The minimum absolute atomic E-state index is 0.0429. The molecule has 0 saturated carbocycles. The van der Waals surface area contributed by atoms with Crippen LogP contribution in [0.3, 0.4) is 0 Å². The van der Waals surface area contributed by atoms with Crippen molar-refractivity contribution in [2.24, 2.45) is 0 Å². The molecule has 1 heterocycles. The molecule has 0 spiro atoms. The Kier molecular flexibility index (Phi) is 4.12. The lowest BCUT2D eigenvalue weighted by molar-refractivity contribution is -0.137. The molecule has 5 heteroatoms. The van der Waals surface area contributed by atoms with Gasteiger partial charge in [-0.05, 0) is 19.9 Å². The maximum absolute atomic E-state index is 9.74. The minimum atomic E-state index is -0.495. The fourth-order valence-electron chi connectivity index (χ4n) is 1.93. The van der Waals surface area contributed by atoms with Gasteiger partial charge in [-0.15, -0.1) is 0 Å². The maximum Gasteiger partial charge on any atom is 0.163 e. The number of ether oxygens (including phenoxy) is 2. The molecule has 1 unspecified atom stereocenters.